The number of hydrogen-bond donors (Lipinski definition) is 2. The van der Waals surface area contributed by atoms with Gasteiger partial charge in [0.1, 0.15) is 0 Å². The van der Waals surface area contributed by atoms with Crippen LogP contribution in [0.1, 0.15) is 15.9 Å². The van der Waals surface area contributed by atoms with Crippen LogP contribution in [0.4, 0.5) is 5.69 Å². The molecule has 0 saturated carbocycles. The monoisotopic (exact) mass is 428 g/mol. The van der Waals surface area contributed by atoms with Gasteiger partial charge < -0.3 is 19.5 Å². The molecule has 0 atom stereocenters. The average molecular weight is 429 g/mol. The fourth-order valence-corrected chi connectivity index (χ4v) is 3.31. The lowest BCUT2D eigenvalue weighted by Crippen LogP contribution is -2.23. The maximum Gasteiger partial charge on any atom is 0.253 e. The third-order valence-corrected chi connectivity index (χ3v) is 4.61. The molecule has 0 spiro atoms. The second kappa shape index (κ2) is 9.03. The van der Waals surface area contributed by atoms with Crippen molar-refractivity contribution in [2.45, 2.75) is 6.54 Å². The highest BCUT2D eigenvalue weighted by molar-refractivity contribution is 7.92. The van der Waals surface area contributed by atoms with Crippen molar-refractivity contribution in [1.82, 2.24) is 5.32 Å². The van der Waals surface area contributed by atoms with E-state index < -0.39 is 15.9 Å². The van der Waals surface area contributed by atoms with Crippen LogP contribution in [0.5, 0.6) is 17.2 Å². The Morgan fingerprint density at radius 3 is 2.11 bits per heavy atom. The molecule has 0 bridgehead atoms. The molecule has 28 heavy (non-hydrogen) atoms. The zero-order valence-corrected chi connectivity index (χ0v) is 17.4. The van der Waals surface area contributed by atoms with Gasteiger partial charge in [0.2, 0.25) is 15.8 Å². The predicted molar refractivity (Wildman–Crippen MR) is 107 cm³/mol. The lowest BCUT2D eigenvalue weighted by atomic mass is 10.1. The van der Waals surface area contributed by atoms with Crippen LogP contribution in [0.3, 0.4) is 0 Å². The Labute approximate surface area is 168 Å². The maximum absolute atomic E-state index is 12.4. The Balaban J connectivity index is 2.16. The topological polar surface area (TPSA) is 103 Å². The molecule has 0 aliphatic carbocycles. The van der Waals surface area contributed by atoms with Crippen LogP contribution in [0.15, 0.2) is 30.3 Å². The number of benzene rings is 2. The van der Waals surface area contributed by atoms with Gasteiger partial charge in [-0.05, 0) is 35.9 Å². The molecule has 1 amide bonds. The highest BCUT2D eigenvalue weighted by atomic mass is 35.5. The second-order valence-electron chi connectivity index (χ2n) is 5.79. The summed E-state index contributed by atoms with van der Waals surface area (Å²) in [6.45, 7) is 0.190. The normalized spacial score (nSPS) is 10.9. The number of amides is 1. The molecule has 0 aromatic heterocycles. The van der Waals surface area contributed by atoms with Crippen molar-refractivity contribution in [2.75, 3.05) is 32.3 Å². The first-order chi connectivity index (χ1) is 13.2. The third kappa shape index (κ3) is 5.43. The van der Waals surface area contributed by atoms with E-state index in [2.05, 4.69) is 10.0 Å². The molecular weight excluding hydrogens is 408 g/mol. The van der Waals surface area contributed by atoms with E-state index >= 15 is 0 Å². The fraction of sp³-hybridized carbons (Fsp3) is 0.278. The van der Waals surface area contributed by atoms with E-state index in [1.807, 2.05) is 0 Å². The summed E-state index contributed by atoms with van der Waals surface area (Å²) in [6.07, 6.45) is 1.03. The molecule has 2 rings (SSSR count). The minimum atomic E-state index is -3.44. The van der Waals surface area contributed by atoms with E-state index in [4.69, 9.17) is 25.8 Å². The summed E-state index contributed by atoms with van der Waals surface area (Å²) >= 11 is 6.12. The van der Waals surface area contributed by atoms with Crippen molar-refractivity contribution >= 4 is 33.2 Å². The number of methoxy groups -OCH3 is 3. The molecule has 2 aromatic rings. The zero-order chi connectivity index (χ0) is 20.9. The van der Waals surface area contributed by atoms with Gasteiger partial charge in [-0.15, -0.1) is 0 Å². The maximum atomic E-state index is 12.4. The Kier molecular flexibility index (Phi) is 6.98. The summed E-state index contributed by atoms with van der Waals surface area (Å²) in [5, 5.41) is 2.87. The van der Waals surface area contributed by atoms with Crippen molar-refractivity contribution in [3.8, 4) is 17.2 Å². The van der Waals surface area contributed by atoms with Gasteiger partial charge in [-0.1, -0.05) is 11.6 Å². The van der Waals surface area contributed by atoms with Gasteiger partial charge in [-0.2, -0.15) is 0 Å². The summed E-state index contributed by atoms with van der Waals surface area (Å²) in [4.78, 5) is 12.4. The van der Waals surface area contributed by atoms with Gasteiger partial charge in [0.15, 0.2) is 11.5 Å². The van der Waals surface area contributed by atoms with Crippen LogP contribution in [-0.2, 0) is 16.6 Å². The Hall–Kier alpha value is -2.65. The SMILES string of the molecule is COc1cc(CNC(=O)c2ccc(NS(C)(=O)=O)cc2Cl)cc(OC)c1OC. The Morgan fingerprint density at radius 1 is 1.04 bits per heavy atom. The number of anilines is 1. The zero-order valence-electron chi connectivity index (χ0n) is 15.8. The summed E-state index contributed by atoms with van der Waals surface area (Å²) < 4.78 is 40.7. The summed E-state index contributed by atoms with van der Waals surface area (Å²) in [7, 11) is 1.08. The highest BCUT2D eigenvalue weighted by Gasteiger charge is 2.15. The second-order valence-corrected chi connectivity index (χ2v) is 7.94. The van der Waals surface area contributed by atoms with Crippen molar-refractivity contribution in [2.24, 2.45) is 0 Å². The minimum absolute atomic E-state index is 0.121. The van der Waals surface area contributed by atoms with Gasteiger partial charge in [0.05, 0.1) is 38.2 Å². The van der Waals surface area contributed by atoms with Crippen molar-refractivity contribution in [3.05, 3.63) is 46.5 Å². The number of hydrogen-bond acceptors (Lipinski definition) is 6. The van der Waals surface area contributed by atoms with Crippen LogP contribution in [0.25, 0.3) is 0 Å². The van der Waals surface area contributed by atoms with Gasteiger partial charge in [0.25, 0.3) is 5.91 Å². The number of nitrogens with one attached hydrogen (secondary N) is 2. The number of carbonyl (C=O) groups excluding carboxylic acids is 1. The molecule has 0 fully saturated rings. The number of sulfonamides is 1. The first-order valence-corrected chi connectivity index (χ1v) is 10.3. The molecule has 0 unspecified atom stereocenters. The molecule has 0 heterocycles. The largest absolute Gasteiger partial charge is 0.493 e. The van der Waals surface area contributed by atoms with Gasteiger partial charge in [0, 0.05) is 12.2 Å². The lowest BCUT2D eigenvalue weighted by molar-refractivity contribution is 0.0951. The Bertz CT molecular complexity index is 953. The molecule has 2 aromatic carbocycles. The lowest BCUT2D eigenvalue weighted by Gasteiger charge is -2.14. The molecule has 10 heteroatoms. The van der Waals surface area contributed by atoms with Gasteiger partial charge >= 0.3 is 0 Å². The van der Waals surface area contributed by atoms with Crippen molar-refractivity contribution in [1.29, 1.82) is 0 Å². The number of carbonyl (C=O) groups is 1. The standard InChI is InChI=1S/C18H21ClN2O6S/c1-25-15-7-11(8-16(26-2)17(15)27-3)10-20-18(22)13-6-5-12(9-14(13)19)21-28(4,23)24/h5-9,21H,10H2,1-4H3,(H,20,22). The summed E-state index contributed by atoms with van der Waals surface area (Å²) in [5.41, 5.74) is 1.22. The molecule has 0 aliphatic heterocycles. The van der Waals surface area contributed by atoms with E-state index in [0.29, 0.717) is 17.2 Å². The van der Waals surface area contributed by atoms with Crippen LogP contribution >= 0.6 is 11.6 Å². The van der Waals surface area contributed by atoms with Crippen LogP contribution in [0, 0.1) is 0 Å². The van der Waals surface area contributed by atoms with Crippen molar-refractivity contribution in [3.63, 3.8) is 0 Å². The number of ether oxygens (including phenoxy) is 3. The first-order valence-electron chi connectivity index (χ1n) is 8.03. The molecule has 0 aliphatic rings. The van der Waals surface area contributed by atoms with Crippen LogP contribution in [-0.4, -0.2) is 41.9 Å². The van der Waals surface area contributed by atoms with E-state index in [-0.39, 0.29) is 22.8 Å². The smallest absolute Gasteiger partial charge is 0.253 e. The first kappa shape index (κ1) is 21.6. The van der Waals surface area contributed by atoms with E-state index in [9.17, 15) is 13.2 Å². The summed E-state index contributed by atoms with van der Waals surface area (Å²) in [5.74, 6) is 0.988. The number of rotatable bonds is 8. The molecule has 0 saturated heterocycles. The quantitative estimate of drug-likeness (QED) is 0.670. The van der Waals surface area contributed by atoms with Crippen molar-refractivity contribution < 1.29 is 27.4 Å². The molecule has 0 radical (unpaired) electrons. The molecule has 8 nitrogen and oxygen atoms in total. The van der Waals surface area contributed by atoms with Crippen LogP contribution in [0.2, 0.25) is 5.02 Å². The summed E-state index contributed by atoms with van der Waals surface area (Å²) in [6, 6.07) is 7.73. The van der Waals surface area contributed by atoms with Crippen LogP contribution < -0.4 is 24.2 Å². The Morgan fingerprint density at radius 2 is 1.64 bits per heavy atom. The fourth-order valence-electron chi connectivity index (χ4n) is 2.49. The van der Waals surface area contributed by atoms with Gasteiger partial charge in [-0.3, -0.25) is 9.52 Å². The molecular formula is C18H21ClN2O6S. The average Bonchev–Trinajstić information content (AvgIpc) is 2.63. The number of halogens is 1. The highest BCUT2D eigenvalue weighted by Crippen LogP contribution is 2.38. The van der Waals surface area contributed by atoms with E-state index in [0.717, 1.165) is 11.8 Å². The molecule has 152 valence electrons. The predicted octanol–water partition coefficient (Wildman–Crippen LogP) is 2.67. The van der Waals surface area contributed by atoms with E-state index in [1.54, 1.807) is 12.1 Å². The van der Waals surface area contributed by atoms with Gasteiger partial charge in [-0.25, -0.2) is 8.42 Å². The van der Waals surface area contributed by atoms with E-state index in [1.165, 1.54) is 39.5 Å². The minimum Gasteiger partial charge on any atom is -0.493 e. The molecule has 2 N–H and O–H groups in total. The third-order valence-electron chi connectivity index (χ3n) is 3.69.